The van der Waals surface area contributed by atoms with Crippen LogP contribution in [0.25, 0.3) is 0 Å². The molecule has 0 aliphatic rings. The van der Waals surface area contributed by atoms with E-state index in [0.29, 0.717) is 10.6 Å². The van der Waals surface area contributed by atoms with Gasteiger partial charge in [0.05, 0.1) is 5.57 Å². The molecule has 0 radical (unpaired) electrons. The summed E-state index contributed by atoms with van der Waals surface area (Å²) >= 11 is 5.12. The first-order valence-corrected chi connectivity index (χ1v) is 5.11. The number of allylic oxidation sites excluding steroid dienone is 1. The number of nitrogens with zero attached hydrogens (tertiary/aromatic N) is 1. The maximum Gasteiger partial charge on any atom is 0.117 e. The predicted molar refractivity (Wildman–Crippen MR) is 64.0 cm³/mol. The van der Waals surface area contributed by atoms with E-state index in [-0.39, 0.29) is 11.5 Å². The van der Waals surface area contributed by atoms with Gasteiger partial charge in [0, 0.05) is 6.04 Å². The molecule has 0 saturated heterocycles. The van der Waals surface area contributed by atoms with E-state index in [1.165, 1.54) is 0 Å². The van der Waals surface area contributed by atoms with Gasteiger partial charge in [-0.25, -0.2) is 0 Å². The lowest BCUT2D eigenvalue weighted by Crippen LogP contribution is -2.30. The van der Waals surface area contributed by atoms with Crippen LogP contribution in [0.3, 0.4) is 0 Å². The van der Waals surface area contributed by atoms with E-state index in [0.717, 1.165) is 0 Å². The molecule has 0 unspecified atom stereocenters. The van der Waals surface area contributed by atoms with Crippen molar-refractivity contribution < 1.29 is 0 Å². The molecule has 0 aliphatic heterocycles. The van der Waals surface area contributed by atoms with E-state index in [1.54, 1.807) is 0 Å². The lowest BCUT2D eigenvalue weighted by atomic mass is 9.94. The van der Waals surface area contributed by atoms with Gasteiger partial charge in [0.2, 0.25) is 0 Å². The Morgan fingerprint density at radius 3 is 2.21 bits per heavy atom. The molecule has 0 fully saturated rings. The molecule has 0 aromatic heterocycles. The van der Waals surface area contributed by atoms with Crippen molar-refractivity contribution in [3.63, 3.8) is 0 Å². The van der Waals surface area contributed by atoms with Crippen LogP contribution in [0.4, 0.5) is 0 Å². The fourth-order valence-electron chi connectivity index (χ4n) is 0.922. The van der Waals surface area contributed by atoms with Crippen molar-refractivity contribution in [2.24, 2.45) is 5.41 Å². The third-order valence-corrected chi connectivity index (χ3v) is 1.70. The van der Waals surface area contributed by atoms with E-state index in [4.69, 9.17) is 17.5 Å². The number of hydrogen-bond acceptors (Lipinski definition) is 2. The molecule has 0 aromatic carbocycles. The van der Waals surface area contributed by atoms with Crippen molar-refractivity contribution in [3.8, 4) is 6.07 Å². The number of nitrogens with one attached hydrogen (secondary N) is 1. The van der Waals surface area contributed by atoms with Crippen LogP contribution in [0.1, 0.15) is 34.6 Å². The van der Waals surface area contributed by atoms with Crippen molar-refractivity contribution in [2.45, 2.75) is 40.7 Å². The fraction of sp³-hybridized carbons (Fsp3) is 0.636. The van der Waals surface area contributed by atoms with E-state index in [1.807, 2.05) is 40.7 Å². The molecule has 3 heteroatoms. The first-order valence-electron chi connectivity index (χ1n) is 4.70. The van der Waals surface area contributed by atoms with Crippen molar-refractivity contribution >= 4 is 17.2 Å². The van der Waals surface area contributed by atoms with Crippen LogP contribution in [0.5, 0.6) is 0 Å². The van der Waals surface area contributed by atoms with Gasteiger partial charge < -0.3 is 5.32 Å². The number of nitriles is 1. The highest BCUT2D eigenvalue weighted by molar-refractivity contribution is 7.80. The van der Waals surface area contributed by atoms with Crippen molar-refractivity contribution in [1.29, 1.82) is 5.26 Å². The Morgan fingerprint density at radius 1 is 1.43 bits per heavy atom. The summed E-state index contributed by atoms with van der Waals surface area (Å²) in [5.74, 6) is 0. The molecule has 0 saturated carbocycles. The number of thiocarbonyl (C=S) groups is 1. The minimum Gasteiger partial charge on any atom is -0.373 e. The first-order chi connectivity index (χ1) is 6.26. The minimum atomic E-state index is -0.0201. The van der Waals surface area contributed by atoms with Gasteiger partial charge >= 0.3 is 0 Å². The van der Waals surface area contributed by atoms with E-state index in [2.05, 4.69) is 11.4 Å². The van der Waals surface area contributed by atoms with Crippen molar-refractivity contribution in [2.75, 3.05) is 0 Å². The highest BCUT2D eigenvalue weighted by Gasteiger charge is 2.12. The normalized spacial score (nSPS) is 12.5. The van der Waals surface area contributed by atoms with Crippen LogP contribution >= 0.6 is 12.2 Å². The Kier molecular flexibility index (Phi) is 4.79. The van der Waals surface area contributed by atoms with Crippen LogP contribution in [-0.4, -0.2) is 11.0 Å². The SMILES string of the molecule is CC(C)NC(=S)/C(C#N)=C/C(C)(C)C. The van der Waals surface area contributed by atoms with E-state index >= 15 is 0 Å². The molecule has 78 valence electrons. The lowest BCUT2D eigenvalue weighted by molar-refractivity contribution is 0.542. The summed E-state index contributed by atoms with van der Waals surface area (Å²) < 4.78 is 0. The molecule has 0 bridgehead atoms. The van der Waals surface area contributed by atoms with Crippen molar-refractivity contribution in [3.05, 3.63) is 11.6 Å². The highest BCUT2D eigenvalue weighted by atomic mass is 32.1. The summed E-state index contributed by atoms with van der Waals surface area (Å²) in [6, 6.07) is 2.38. The number of rotatable bonds is 2. The summed E-state index contributed by atoms with van der Waals surface area (Å²) in [5, 5.41) is 12.0. The van der Waals surface area contributed by atoms with Gasteiger partial charge in [-0.2, -0.15) is 5.26 Å². The van der Waals surface area contributed by atoms with E-state index < -0.39 is 0 Å². The van der Waals surface area contributed by atoms with Crippen LogP contribution in [-0.2, 0) is 0 Å². The smallest absolute Gasteiger partial charge is 0.117 e. The number of hydrogen-bond donors (Lipinski definition) is 1. The highest BCUT2D eigenvalue weighted by Crippen LogP contribution is 2.17. The van der Waals surface area contributed by atoms with Gasteiger partial charge in [-0.05, 0) is 19.3 Å². The zero-order chi connectivity index (χ0) is 11.4. The van der Waals surface area contributed by atoms with Crippen LogP contribution in [0, 0.1) is 16.7 Å². The van der Waals surface area contributed by atoms with Crippen molar-refractivity contribution in [1.82, 2.24) is 5.32 Å². The maximum absolute atomic E-state index is 8.93. The molecule has 0 atom stereocenters. The largest absolute Gasteiger partial charge is 0.373 e. The second-order valence-corrected chi connectivity index (χ2v) is 5.07. The molecule has 0 spiro atoms. The molecule has 1 N–H and O–H groups in total. The Morgan fingerprint density at radius 2 is 1.93 bits per heavy atom. The molecule has 0 aromatic rings. The molecule has 0 amide bonds. The lowest BCUT2D eigenvalue weighted by Gasteiger charge is -2.15. The van der Waals surface area contributed by atoms with Gasteiger partial charge in [-0.15, -0.1) is 0 Å². The van der Waals surface area contributed by atoms with E-state index in [9.17, 15) is 0 Å². The Balaban J connectivity index is 4.68. The second kappa shape index (κ2) is 5.11. The average molecular weight is 210 g/mol. The van der Waals surface area contributed by atoms with Crippen LogP contribution in [0.2, 0.25) is 0 Å². The fourth-order valence-corrected chi connectivity index (χ4v) is 1.26. The topological polar surface area (TPSA) is 35.8 Å². The van der Waals surface area contributed by atoms with Gasteiger partial charge in [-0.3, -0.25) is 0 Å². The molecular weight excluding hydrogens is 192 g/mol. The molecule has 0 aliphatic carbocycles. The Bertz CT molecular complexity index is 277. The molecule has 2 nitrogen and oxygen atoms in total. The molecule has 0 rings (SSSR count). The quantitative estimate of drug-likeness (QED) is 0.432. The van der Waals surface area contributed by atoms with Gasteiger partial charge in [0.1, 0.15) is 11.1 Å². The Hall–Kier alpha value is -0.880. The third kappa shape index (κ3) is 5.71. The minimum absolute atomic E-state index is 0.0201. The summed E-state index contributed by atoms with van der Waals surface area (Å²) in [6.45, 7) is 10.1. The summed E-state index contributed by atoms with van der Waals surface area (Å²) in [7, 11) is 0. The standard InChI is InChI=1S/C11H18N2S/c1-8(2)13-10(14)9(7-12)6-11(3,4)5/h6,8H,1-5H3,(H,13,14)/b9-6+. The molecular formula is C11H18N2S. The zero-order valence-corrected chi connectivity index (χ0v) is 10.3. The first kappa shape index (κ1) is 13.1. The Labute approximate surface area is 92.0 Å². The predicted octanol–water partition coefficient (Wildman–Crippen LogP) is 2.81. The average Bonchev–Trinajstić information content (AvgIpc) is 1.96. The van der Waals surface area contributed by atoms with Gasteiger partial charge in [0.25, 0.3) is 0 Å². The molecule has 0 heterocycles. The monoisotopic (exact) mass is 210 g/mol. The van der Waals surface area contributed by atoms with Gasteiger partial charge in [0.15, 0.2) is 0 Å². The van der Waals surface area contributed by atoms with Crippen LogP contribution < -0.4 is 5.32 Å². The van der Waals surface area contributed by atoms with Gasteiger partial charge in [-0.1, -0.05) is 39.1 Å². The summed E-state index contributed by atoms with van der Waals surface area (Å²) in [6.07, 6.45) is 1.89. The maximum atomic E-state index is 8.93. The second-order valence-electron chi connectivity index (χ2n) is 4.66. The van der Waals surface area contributed by atoms with Crippen LogP contribution in [0.15, 0.2) is 11.6 Å². The third-order valence-electron chi connectivity index (χ3n) is 1.36. The summed E-state index contributed by atoms with van der Waals surface area (Å²) in [4.78, 5) is 0.539. The zero-order valence-electron chi connectivity index (χ0n) is 9.51. The molecule has 14 heavy (non-hydrogen) atoms. The summed E-state index contributed by atoms with van der Waals surface area (Å²) in [5.41, 5.74) is 0.537.